The normalized spacial score (nSPS) is 10.1. The van der Waals surface area contributed by atoms with Crippen molar-refractivity contribution >= 4 is 35.1 Å². The number of carbonyl (C=O) groups is 1. The third-order valence-corrected chi connectivity index (χ3v) is 3.72. The van der Waals surface area contributed by atoms with Crippen molar-refractivity contribution < 1.29 is 14.3 Å². The Morgan fingerprint density at radius 3 is 2.58 bits per heavy atom. The van der Waals surface area contributed by atoms with Crippen LogP contribution in [0.2, 0.25) is 10.0 Å². The SMILES string of the molecule is COc1ccccc1OCCNC(=O)NCCNc1ncc(Cl)cc1Cl. The molecule has 0 saturated heterocycles. The van der Waals surface area contributed by atoms with Crippen molar-refractivity contribution in [1.82, 2.24) is 15.6 Å². The fourth-order valence-corrected chi connectivity index (χ4v) is 2.47. The summed E-state index contributed by atoms with van der Waals surface area (Å²) in [5.41, 5.74) is 0. The Bertz CT molecular complexity index is 731. The highest BCUT2D eigenvalue weighted by atomic mass is 35.5. The number of aromatic nitrogens is 1. The molecule has 0 atom stereocenters. The van der Waals surface area contributed by atoms with Crippen LogP contribution in [0.1, 0.15) is 0 Å². The summed E-state index contributed by atoms with van der Waals surface area (Å²) in [5.74, 6) is 1.80. The number of ether oxygens (including phenoxy) is 2. The van der Waals surface area contributed by atoms with Crippen LogP contribution in [0.15, 0.2) is 36.5 Å². The Balaban J connectivity index is 1.59. The first kappa shape index (κ1) is 19.9. The molecule has 0 aliphatic heterocycles. The minimum absolute atomic E-state index is 0.286. The standard InChI is InChI=1S/C17H20Cl2N4O3/c1-25-14-4-2-3-5-15(14)26-9-8-22-17(24)21-7-6-20-16-13(19)10-12(18)11-23-16/h2-5,10-11H,6-9H2,1H3,(H,20,23)(H2,21,22,24). The Morgan fingerprint density at radius 2 is 1.85 bits per heavy atom. The van der Waals surface area contributed by atoms with Gasteiger partial charge in [-0.15, -0.1) is 0 Å². The number of halogens is 2. The number of rotatable bonds is 9. The van der Waals surface area contributed by atoms with Crippen LogP contribution in [0.3, 0.4) is 0 Å². The first-order valence-electron chi connectivity index (χ1n) is 7.92. The predicted molar refractivity (Wildman–Crippen MR) is 103 cm³/mol. The number of anilines is 1. The molecule has 2 rings (SSSR count). The largest absolute Gasteiger partial charge is 0.493 e. The van der Waals surface area contributed by atoms with Crippen LogP contribution in [0.5, 0.6) is 11.5 Å². The molecule has 0 bridgehead atoms. The number of urea groups is 1. The van der Waals surface area contributed by atoms with E-state index in [0.29, 0.717) is 53.6 Å². The second kappa shape index (κ2) is 10.6. The maximum atomic E-state index is 11.7. The predicted octanol–water partition coefficient (Wildman–Crippen LogP) is 3.19. The molecule has 0 spiro atoms. The fourth-order valence-electron chi connectivity index (χ4n) is 2.03. The van der Waals surface area contributed by atoms with Gasteiger partial charge in [0.1, 0.15) is 12.4 Å². The van der Waals surface area contributed by atoms with E-state index in [9.17, 15) is 4.79 Å². The lowest BCUT2D eigenvalue weighted by molar-refractivity contribution is 0.236. The van der Waals surface area contributed by atoms with Crippen LogP contribution in [-0.4, -0.2) is 44.4 Å². The monoisotopic (exact) mass is 398 g/mol. The van der Waals surface area contributed by atoms with E-state index in [4.69, 9.17) is 32.7 Å². The van der Waals surface area contributed by atoms with Crippen molar-refractivity contribution in [2.24, 2.45) is 0 Å². The third-order valence-electron chi connectivity index (χ3n) is 3.23. The van der Waals surface area contributed by atoms with Crippen molar-refractivity contribution in [3.63, 3.8) is 0 Å². The van der Waals surface area contributed by atoms with Crippen molar-refractivity contribution in [2.75, 3.05) is 38.7 Å². The summed E-state index contributed by atoms with van der Waals surface area (Å²) < 4.78 is 10.8. The van der Waals surface area contributed by atoms with E-state index in [0.717, 1.165) is 0 Å². The lowest BCUT2D eigenvalue weighted by Gasteiger charge is -2.12. The molecule has 7 nitrogen and oxygen atoms in total. The van der Waals surface area contributed by atoms with Crippen LogP contribution in [0.25, 0.3) is 0 Å². The molecule has 26 heavy (non-hydrogen) atoms. The molecule has 0 fully saturated rings. The maximum absolute atomic E-state index is 11.7. The molecule has 2 aromatic rings. The van der Waals surface area contributed by atoms with Crippen molar-refractivity contribution in [3.05, 3.63) is 46.6 Å². The van der Waals surface area contributed by atoms with Gasteiger partial charge in [0.05, 0.1) is 23.7 Å². The molecule has 0 aliphatic carbocycles. The smallest absolute Gasteiger partial charge is 0.314 e. The average molecular weight is 399 g/mol. The number of hydrogen-bond acceptors (Lipinski definition) is 5. The van der Waals surface area contributed by atoms with Crippen LogP contribution in [0.4, 0.5) is 10.6 Å². The van der Waals surface area contributed by atoms with Crippen molar-refractivity contribution in [2.45, 2.75) is 0 Å². The number of hydrogen-bond donors (Lipinski definition) is 3. The Labute approximate surface area is 162 Å². The number of benzene rings is 1. The quantitative estimate of drug-likeness (QED) is 0.564. The highest BCUT2D eigenvalue weighted by Gasteiger charge is 2.04. The molecule has 0 saturated carbocycles. The number of methoxy groups -OCH3 is 1. The summed E-state index contributed by atoms with van der Waals surface area (Å²) in [6.45, 7) is 1.57. The number of para-hydroxylation sites is 2. The molecule has 0 aliphatic rings. The topological polar surface area (TPSA) is 84.5 Å². The Morgan fingerprint density at radius 1 is 1.12 bits per heavy atom. The summed E-state index contributed by atoms with van der Waals surface area (Å²) in [5, 5.41) is 9.33. The number of pyridine rings is 1. The summed E-state index contributed by atoms with van der Waals surface area (Å²) >= 11 is 11.8. The minimum Gasteiger partial charge on any atom is -0.493 e. The number of nitrogens with one attached hydrogen (secondary N) is 3. The van der Waals surface area contributed by atoms with Crippen molar-refractivity contribution in [1.29, 1.82) is 0 Å². The molecule has 140 valence electrons. The van der Waals surface area contributed by atoms with Crippen LogP contribution >= 0.6 is 23.2 Å². The number of nitrogens with zero attached hydrogens (tertiary/aromatic N) is 1. The Kier molecular flexibility index (Phi) is 8.11. The zero-order valence-electron chi connectivity index (χ0n) is 14.2. The van der Waals surface area contributed by atoms with E-state index in [1.807, 2.05) is 18.2 Å². The van der Waals surface area contributed by atoms with E-state index < -0.39 is 0 Å². The van der Waals surface area contributed by atoms with Gasteiger partial charge in [0.2, 0.25) is 0 Å². The van der Waals surface area contributed by atoms with Gasteiger partial charge in [0, 0.05) is 19.3 Å². The van der Waals surface area contributed by atoms with Crippen molar-refractivity contribution in [3.8, 4) is 11.5 Å². The first-order chi connectivity index (χ1) is 12.6. The minimum atomic E-state index is -0.286. The van der Waals surface area contributed by atoms with Gasteiger partial charge in [-0.1, -0.05) is 35.3 Å². The highest BCUT2D eigenvalue weighted by molar-refractivity contribution is 6.35. The van der Waals surface area contributed by atoms with Gasteiger partial charge < -0.3 is 25.4 Å². The molecule has 9 heteroatoms. The summed E-state index contributed by atoms with van der Waals surface area (Å²) in [4.78, 5) is 15.8. The lowest BCUT2D eigenvalue weighted by Crippen LogP contribution is -2.39. The van der Waals surface area contributed by atoms with E-state index in [2.05, 4.69) is 20.9 Å². The van der Waals surface area contributed by atoms with Crippen LogP contribution in [-0.2, 0) is 0 Å². The Hall–Kier alpha value is -2.38. The van der Waals surface area contributed by atoms with Gasteiger partial charge in [-0.25, -0.2) is 9.78 Å². The molecular weight excluding hydrogens is 379 g/mol. The van der Waals surface area contributed by atoms with Gasteiger partial charge in [0.15, 0.2) is 11.5 Å². The number of amides is 2. The summed E-state index contributed by atoms with van der Waals surface area (Å²) in [6, 6.07) is 8.64. The molecule has 1 aromatic carbocycles. The van der Waals surface area contributed by atoms with E-state index in [1.54, 1.807) is 19.2 Å². The summed E-state index contributed by atoms with van der Waals surface area (Å²) in [6.07, 6.45) is 1.50. The molecule has 3 N–H and O–H groups in total. The van der Waals surface area contributed by atoms with Crippen LogP contribution in [0, 0.1) is 0 Å². The molecule has 2 amide bonds. The van der Waals surface area contributed by atoms with Gasteiger partial charge >= 0.3 is 6.03 Å². The zero-order valence-corrected chi connectivity index (χ0v) is 15.7. The van der Waals surface area contributed by atoms with Gasteiger partial charge in [-0.2, -0.15) is 0 Å². The molecule has 1 heterocycles. The van der Waals surface area contributed by atoms with Crippen LogP contribution < -0.4 is 25.4 Å². The van der Waals surface area contributed by atoms with E-state index >= 15 is 0 Å². The number of carbonyl (C=O) groups excluding carboxylic acids is 1. The molecule has 0 radical (unpaired) electrons. The van der Waals surface area contributed by atoms with E-state index in [-0.39, 0.29) is 6.03 Å². The second-order valence-electron chi connectivity index (χ2n) is 5.09. The maximum Gasteiger partial charge on any atom is 0.314 e. The highest BCUT2D eigenvalue weighted by Crippen LogP contribution is 2.25. The second-order valence-corrected chi connectivity index (χ2v) is 5.94. The third kappa shape index (κ3) is 6.50. The average Bonchev–Trinajstić information content (AvgIpc) is 2.64. The van der Waals surface area contributed by atoms with Gasteiger partial charge in [-0.3, -0.25) is 0 Å². The molecule has 1 aromatic heterocycles. The molecular formula is C17H20Cl2N4O3. The fraction of sp³-hybridized carbons (Fsp3) is 0.294. The van der Waals surface area contributed by atoms with Gasteiger partial charge in [0.25, 0.3) is 0 Å². The molecule has 0 unspecified atom stereocenters. The van der Waals surface area contributed by atoms with Gasteiger partial charge in [-0.05, 0) is 18.2 Å². The lowest BCUT2D eigenvalue weighted by atomic mass is 10.3. The summed E-state index contributed by atoms with van der Waals surface area (Å²) in [7, 11) is 1.58. The van der Waals surface area contributed by atoms with E-state index in [1.165, 1.54) is 6.20 Å². The first-order valence-corrected chi connectivity index (χ1v) is 8.68. The zero-order chi connectivity index (χ0) is 18.8.